The molecule has 0 aliphatic carbocycles. The molecule has 0 aliphatic heterocycles. The molecule has 0 spiro atoms. The van der Waals surface area contributed by atoms with Crippen molar-refractivity contribution >= 4 is 63.1 Å². The predicted octanol–water partition coefficient (Wildman–Crippen LogP) is 14.6. The normalized spacial score (nSPS) is 11.6. The number of fused-ring (bicyclic) bond motifs is 6. The van der Waals surface area contributed by atoms with Crippen LogP contribution < -0.4 is 0 Å². The highest BCUT2D eigenvalue weighted by Gasteiger charge is 2.16. The standard InChI is InChI=1S/C51H31N3S2/c1-3-12-32(13-4-1)37-27-38(34-22-23-41-40-18-7-9-20-46(40)56-49(41)30-34)29-39(28-37)45-31-44(33-14-5-2-6-15-33)53-51(54-45)36-17-11-16-35(26-36)43-24-25-48-50(52-43)42-19-8-10-21-47(42)55-48/h1-31H. The first-order valence-corrected chi connectivity index (χ1v) is 20.3. The number of thiophene rings is 2. The molecule has 3 nitrogen and oxygen atoms in total. The molecule has 4 heterocycles. The van der Waals surface area contributed by atoms with E-state index in [-0.39, 0.29) is 0 Å². The Morgan fingerprint density at radius 1 is 0.268 bits per heavy atom. The molecule has 0 saturated carbocycles. The van der Waals surface area contributed by atoms with Crippen molar-refractivity contribution in [1.82, 2.24) is 15.0 Å². The van der Waals surface area contributed by atoms with Gasteiger partial charge in [-0.05, 0) is 82.9 Å². The summed E-state index contributed by atoms with van der Waals surface area (Å²) in [6.07, 6.45) is 0. The van der Waals surface area contributed by atoms with Crippen molar-refractivity contribution < 1.29 is 0 Å². The summed E-state index contributed by atoms with van der Waals surface area (Å²) < 4.78 is 5.03. The minimum atomic E-state index is 0.670. The van der Waals surface area contributed by atoms with Gasteiger partial charge < -0.3 is 0 Å². The minimum Gasteiger partial charge on any atom is -0.246 e. The van der Waals surface area contributed by atoms with E-state index in [1.165, 1.54) is 40.5 Å². The lowest BCUT2D eigenvalue weighted by atomic mass is 9.94. The Morgan fingerprint density at radius 3 is 1.64 bits per heavy atom. The van der Waals surface area contributed by atoms with Crippen molar-refractivity contribution in [3.8, 4) is 67.4 Å². The average molecular weight is 750 g/mol. The third kappa shape index (κ3) is 5.86. The van der Waals surface area contributed by atoms with E-state index >= 15 is 0 Å². The van der Waals surface area contributed by atoms with Crippen molar-refractivity contribution in [2.45, 2.75) is 0 Å². The number of pyridine rings is 1. The summed E-state index contributed by atoms with van der Waals surface area (Å²) in [4.78, 5) is 15.7. The van der Waals surface area contributed by atoms with Crippen molar-refractivity contribution in [3.63, 3.8) is 0 Å². The molecule has 262 valence electrons. The highest BCUT2D eigenvalue weighted by atomic mass is 32.1. The molecule has 11 rings (SSSR count). The fraction of sp³-hybridized carbons (Fsp3) is 0. The van der Waals surface area contributed by atoms with Crippen LogP contribution in [0.2, 0.25) is 0 Å². The highest BCUT2D eigenvalue weighted by molar-refractivity contribution is 7.26. The first-order valence-electron chi connectivity index (χ1n) is 18.7. The molecule has 0 bridgehead atoms. The van der Waals surface area contributed by atoms with Crippen LogP contribution >= 0.6 is 22.7 Å². The summed E-state index contributed by atoms with van der Waals surface area (Å²) >= 11 is 3.63. The number of aromatic nitrogens is 3. The van der Waals surface area contributed by atoms with Gasteiger partial charge >= 0.3 is 0 Å². The summed E-state index contributed by atoms with van der Waals surface area (Å²) in [6, 6.07) is 66.8. The Morgan fingerprint density at radius 2 is 0.839 bits per heavy atom. The zero-order valence-electron chi connectivity index (χ0n) is 30.1. The lowest BCUT2D eigenvalue weighted by molar-refractivity contribution is 1.18. The zero-order valence-corrected chi connectivity index (χ0v) is 31.7. The number of nitrogens with zero attached hydrogens (tertiary/aromatic N) is 3. The maximum Gasteiger partial charge on any atom is 0.160 e. The van der Waals surface area contributed by atoms with Crippen LogP contribution in [0.15, 0.2) is 188 Å². The number of hydrogen-bond donors (Lipinski definition) is 0. The fourth-order valence-electron chi connectivity index (χ4n) is 7.70. The summed E-state index contributed by atoms with van der Waals surface area (Å²) in [5.74, 6) is 0.670. The number of rotatable bonds is 6. The van der Waals surface area contributed by atoms with Gasteiger partial charge in [0.15, 0.2) is 5.82 Å². The van der Waals surface area contributed by atoms with Crippen LogP contribution in [0, 0.1) is 0 Å². The Balaban J connectivity index is 1.07. The van der Waals surface area contributed by atoms with Crippen molar-refractivity contribution in [2.24, 2.45) is 0 Å². The van der Waals surface area contributed by atoms with Gasteiger partial charge in [-0.15, -0.1) is 22.7 Å². The van der Waals surface area contributed by atoms with Crippen LogP contribution in [0.4, 0.5) is 0 Å². The Labute approximate surface area is 331 Å². The van der Waals surface area contributed by atoms with E-state index in [9.17, 15) is 0 Å². The van der Waals surface area contributed by atoms with Gasteiger partial charge in [-0.2, -0.15) is 0 Å². The van der Waals surface area contributed by atoms with Crippen LogP contribution in [0.3, 0.4) is 0 Å². The SMILES string of the molecule is c1ccc(-c2cc(-c3ccc4c(c3)sc3ccccc34)cc(-c3cc(-c4ccccc4)nc(-c4cccc(-c5ccc6sc7ccccc7c6n5)c4)n3)c2)cc1. The second kappa shape index (κ2) is 13.5. The molecular weight excluding hydrogens is 719 g/mol. The third-order valence-corrected chi connectivity index (χ3v) is 12.7. The van der Waals surface area contributed by atoms with E-state index in [0.717, 1.165) is 61.5 Å². The van der Waals surface area contributed by atoms with E-state index in [1.807, 2.05) is 17.4 Å². The summed E-state index contributed by atoms with van der Waals surface area (Å²) in [7, 11) is 0. The van der Waals surface area contributed by atoms with E-state index < -0.39 is 0 Å². The third-order valence-electron chi connectivity index (χ3n) is 10.5. The van der Waals surface area contributed by atoms with Crippen LogP contribution in [-0.2, 0) is 0 Å². The van der Waals surface area contributed by atoms with Gasteiger partial charge in [0.25, 0.3) is 0 Å². The zero-order chi connectivity index (χ0) is 37.0. The molecule has 0 atom stereocenters. The second-order valence-electron chi connectivity index (χ2n) is 14.0. The van der Waals surface area contributed by atoms with Crippen LogP contribution in [0.1, 0.15) is 0 Å². The van der Waals surface area contributed by atoms with Gasteiger partial charge in [0.05, 0.1) is 27.3 Å². The van der Waals surface area contributed by atoms with Crippen LogP contribution in [0.5, 0.6) is 0 Å². The first kappa shape index (κ1) is 32.6. The van der Waals surface area contributed by atoms with Crippen molar-refractivity contribution in [1.29, 1.82) is 0 Å². The Hall–Kier alpha value is -6.79. The smallest absolute Gasteiger partial charge is 0.160 e. The maximum absolute atomic E-state index is 5.34. The van der Waals surface area contributed by atoms with E-state index in [1.54, 1.807) is 11.3 Å². The molecule has 0 saturated heterocycles. The molecule has 4 aromatic heterocycles. The van der Waals surface area contributed by atoms with Gasteiger partial charge in [0, 0.05) is 52.5 Å². The monoisotopic (exact) mass is 749 g/mol. The number of benzene rings is 7. The second-order valence-corrected chi connectivity index (χ2v) is 16.2. The summed E-state index contributed by atoms with van der Waals surface area (Å²) in [5, 5.41) is 3.79. The largest absolute Gasteiger partial charge is 0.246 e. The van der Waals surface area contributed by atoms with Gasteiger partial charge in [-0.25, -0.2) is 15.0 Å². The van der Waals surface area contributed by atoms with Crippen LogP contribution in [-0.4, -0.2) is 15.0 Å². The quantitative estimate of drug-likeness (QED) is 0.170. The van der Waals surface area contributed by atoms with Gasteiger partial charge in [0.1, 0.15) is 0 Å². The van der Waals surface area contributed by atoms with Crippen molar-refractivity contribution in [2.75, 3.05) is 0 Å². The van der Waals surface area contributed by atoms with Crippen LogP contribution in [0.25, 0.3) is 108 Å². The highest BCUT2D eigenvalue weighted by Crippen LogP contribution is 2.40. The molecule has 56 heavy (non-hydrogen) atoms. The van der Waals surface area contributed by atoms with E-state index in [4.69, 9.17) is 15.0 Å². The Kier molecular flexibility index (Phi) is 7.87. The predicted molar refractivity (Wildman–Crippen MR) is 238 cm³/mol. The molecule has 5 heteroatoms. The van der Waals surface area contributed by atoms with Crippen molar-refractivity contribution in [3.05, 3.63) is 188 Å². The lowest BCUT2D eigenvalue weighted by Gasteiger charge is -2.14. The van der Waals surface area contributed by atoms with Gasteiger partial charge in [-0.3, -0.25) is 0 Å². The summed E-state index contributed by atoms with van der Waals surface area (Å²) in [6.45, 7) is 0. The fourth-order valence-corrected chi connectivity index (χ4v) is 9.89. The number of hydrogen-bond acceptors (Lipinski definition) is 5. The first-order chi connectivity index (χ1) is 27.7. The maximum atomic E-state index is 5.34. The van der Waals surface area contributed by atoms with E-state index in [0.29, 0.717) is 5.82 Å². The average Bonchev–Trinajstić information content (AvgIpc) is 3.84. The van der Waals surface area contributed by atoms with Gasteiger partial charge in [0.2, 0.25) is 0 Å². The molecule has 7 aromatic carbocycles. The molecule has 0 N–H and O–H groups in total. The molecule has 11 aromatic rings. The topological polar surface area (TPSA) is 38.7 Å². The molecule has 0 amide bonds. The minimum absolute atomic E-state index is 0.670. The lowest BCUT2D eigenvalue weighted by Crippen LogP contribution is -1.97. The molecule has 0 fully saturated rings. The molecule has 0 aliphatic rings. The Bertz CT molecular complexity index is 3250. The summed E-state index contributed by atoms with van der Waals surface area (Å²) in [5.41, 5.74) is 12.4. The van der Waals surface area contributed by atoms with Gasteiger partial charge in [-0.1, -0.05) is 127 Å². The molecule has 0 radical (unpaired) electrons. The molecular formula is C51H31N3S2. The van der Waals surface area contributed by atoms with E-state index in [2.05, 4.69) is 182 Å². The molecule has 0 unspecified atom stereocenters.